The minimum absolute atomic E-state index is 0.00575. The third-order valence-electron chi connectivity index (χ3n) is 7.59. The number of aromatic nitrogens is 3. The van der Waals surface area contributed by atoms with Crippen molar-refractivity contribution in [1.29, 1.82) is 5.26 Å². The molecule has 12 heteroatoms. The summed E-state index contributed by atoms with van der Waals surface area (Å²) in [4.78, 5) is 31.9. The van der Waals surface area contributed by atoms with Gasteiger partial charge in [-0.3, -0.25) is 4.98 Å². The van der Waals surface area contributed by atoms with Crippen LogP contribution in [0.25, 0.3) is 22.2 Å². The number of ether oxygens (including phenoxy) is 2. The van der Waals surface area contributed by atoms with Gasteiger partial charge in [-0.2, -0.15) is 15.2 Å². The lowest BCUT2D eigenvalue weighted by atomic mass is 10.1. The molecule has 0 unspecified atom stereocenters. The molecule has 2 saturated heterocycles. The van der Waals surface area contributed by atoms with E-state index >= 15 is 4.39 Å². The number of amides is 1. The van der Waals surface area contributed by atoms with Gasteiger partial charge in [0.1, 0.15) is 35.1 Å². The van der Waals surface area contributed by atoms with Crippen molar-refractivity contribution in [2.24, 2.45) is 0 Å². The van der Waals surface area contributed by atoms with Gasteiger partial charge in [-0.1, -0.05) is 12.1 Å². The molecule has 0 bridgehead atoms. The van der Waals surface area contributed by atoms with Gasteiger partial charge in [0.25, 0.3) is 0 Å². The van der Waals surface area contributed by atoms with Crippen LogP contribution in [0.15, 0.2) is 30.5 Å². The first-order chi connectivity index (χ1) is 20.1. The SMILES string of the molecule is CN1CCC[C@H]1COc1nc(N2CCN(C(=O)OC(C)(C)C)[C@@H](CC#N)C2)c2cnc(-c3ccccc3F)c(F)c2n1. The van der Waals surface area contributed by atoms with Crippen molar-refractivity contribution in [3.8, 4) is 23.3 Å². The number of rotatable bonds is 6. The molecule has 2 aromatic heterocycles. The Morgan fingerprint density at radius 2 is 1.93 bits per heavy atom. The summed E-state index contributed by atoms with van der Waals surface area (Å²) in [6.07, 6.45) is 3.03. The Kier molecular flexibility index (Phi) is 8.41. The molecular formula is C30H35F2N7O3. The molecule has 0 spiro atoms. The highest BCUT2D eigenvalue weighted by Crippen LogP contribution is 2.34. The summed E-state index contributed by atoms with van der Waals surface area (Å²) >= 11 is 0. The van der Waals surface area contributed by atoms with Gasteiger partial charge in [-0.25, -0.2) is 13.6 Å². The molecule has 42 heavy (non-hydrogen) atoms. The summed E-state index contributed by atoms with van der Waals surface area (Å²) in [5.41, 5.74) is -0.877. The standard InChI is InChI=1S/C30H35F2N7O3/c1-30(2,3)42-29(40)39-15-14-38(17-19(39)11-12-33)27-22-16-34-25(21-9-5-6-10-23(21)31)24(32)26(22)35-28(36-27)41-18-20-8-7-13-37(20)4/h5-6,9-10,16,19-20H,7-8,11,13-15,17-18H2,1-4H3/t19-,20-/m0/s1. The molecule has 1 aromatic carbocycles. The Morgan fingerprint density at radius 1 is 1.14 bits per heavy atom. The molecule has 3 aromatic rings. The number of pyridine rings is 1. The van der Waals surface area contributed by atoms with E-state index in [0.717, 1.165) is 19.4 Å². The van der Waals surface area contributed by atoms with Crippen molar-refractivity contribution in [2.75, 3.05) is 44.7 Å². The molecule has 2 aliphatic rings. The third-order valence-corrected chi connectivity index (χ3v) is 7.59. The number of hydrogen-bond acceptors (Lipinski definition) is 9. The van der Waals surface area contributed by atoms with E-state index in [2.05, 4.69) is 25.9 Å². The number of carbonyl (C=O) groups excluding carboxylic acids is 1. The molecule has 5 rings (SSSR count). The fraction of sp³-hybridized carbons (Fsp3) is 0.500. The number of benzene rings is 1. The molecule has 2 aliphatic heterocycles. The summed E-state index contributed by atoms with van der Waals surface area (Å²) in [6, 6.07) is 7.69. The van der Waals surface area contributed by atoms with Gasteiger partial charge < -0.3 is 24.2 Å². The zero-order chi connectivity index (χ0) is 30.0. The fourth-order valence-corrected chi connectivity index (χ4v) is 5.42. The summed E-state index contributed by atoms with van der Waals surface area (Å²) in [7, 11) is 2.03. The van der Waals surface area contributed by atoms with Gasteiger partial charge in [0.05, 0.1) is 23.9 Å². The molecule has 4 heterocycles. The van der Waals surface area contributed by atoms with E-state index < -0.39 is 29.4 Å². The molecule has 2 atom stereocenters. The monoisotopic (exact) mass is 579 g/mol. The number of anilines is 1. The largest absolute Gasteiger partial charge is 0.462 e. The summed E-state index contributed by atoms with van der Waals surface area (Å²) < 4.78 is 42.3. The van der Waals surface area contributed by atoms with E-state index in [1.807, 2.05) is 11.9 Å². The number of hydrogen-bond donors (Lipinski definition) is 0. The van der Waals surface area contributed by atoms with Crippen molar-refractivity contribution >= 4 is 22.8 Å². The summed E-state index contributed by atoms with van der Waals surface area (Å²) in [5.74, 6) is -1.02. The molecule has 0 N–H and O–H groups in total. The lowest BCUT2D eigenvalue weighted by Crippen LogP contribution is -2.56. The Morgan fingerprint density at radius 3 is 2.62 bits per heavy atom. The molecule has 2 fully saturated rings. The normalized spacial score (nSPS) is 19.6. The van der Waals surface area contributed by atoms with Crippen LogP contribution in [-0.2, 0) is 4.74 Å². The highest BCUT2D eigenvalue weighted by atomic mass is 19.1. The minimum atomic E-state index is -0.787. The predicted octanol–water partition coefficient (Wildman–Crippen LogP) is 4.78. The predicted molar refractivity (Wildman–Crippen MR) is 153 cm³/mol. The van der Waals surface area contributed by atoms with E-state index in [1.165, 1.54) is 24.4 Å². The van der Waals surface area contributed by atoms with Crippen LogP contribution in [0.5, 0.6) is 6.01 Å². The van der Waals surface area contributed by atoms with Crippen LogP contribution in [0.1, 0.15) is 40.0 Å². The Balaban J connectivity index is 1.53. The molecular weight excluding hydrogens is 544 g/mol. The van der Waals surface area contributed by atoms with Gasteiger partial charge in [0.2, 0.25) is 0 Å². The lowest BCUT2D eigenvalue weighted by molar-refractivity contribution is 0.0145. The van der Waals surface area contributed by atoms with Crippen molar-refractivity contribution in [3.63, 3.8) is 0 Å². The highest BCUT2D eigenvalue weighted by Gasteiger charge is 2.35. The van der Waals surface area contributed by atoms with E-state index in [4.69, 9.17) is 9.47 Å². The number of fused-ring (bicyclic) bond motifs is 1. The number of halogens is 2. The van der Waals surface area contributed by atoms with Crippen molar-refractivity contribution in [3.05, 3.63) is 42.1 Å². The first-order valence-electron chi connectivity index (χ1n) is 14.1. The van der Waals surface area contributed by atoms with Crippen LogP contribution in [0.2, 0.25) is 0 Å². The van der Waals surface area contributed by atoms with E-state index in [0.29, 0.717) is 24.4 Å². The summed E-state index contributed by atoms with van der Waals surface area (Å²) in [5, 5.41) is 9.85. The smallest absolute Gasteiger partial charge is 0.410 e. The van der Waals surface area contributed by atoms with Crippen molar-refractivity contribution in [1.82, 2.24) is 24.8 Å². The molecule has 10 nitrogen and oxygen atoms in total. The van der Waals surface area contributed by atoms with Crippen LogP contribution in [0.4, 0.5) is 19.4 Å². The maximum absolute atomic E-state index is 16.1. The van der Waals surface area contributed by atoms with Crippen molar-refractivity contribution in [2.45, 2.75) is 57.7 Å². The summed E-state index contributed by atoms with van der Waals surface area (Å²) in [6.45, 7) is 7.51. The number of likely N-dealkylation sites (tertiary alicyclic amines) is 1. The number of carbonyl (C=O) groups is 1. The molecule has 0 aliphatic carbocycles. The maximum atomic E-state index is 16.1. The number of likely N-dealkylation sites (N-methyl/N-ethyl adjacent to an activating group) is 1. The Bertz CT molecular complexity index is 1510. The lowest BCUT2D eigenvalue weighted by Gasteiger charge is -2.41. The molecule has 0 radical (unpaired) electrons. The Hall–Kier alpha value is -4.11. The van der Waals surface area contributed by atoms with Gasteiger partial charge in [-0.05, 0) is 59.3 Å². The van der Waals surface area contributed by atoms with E-state index in [-0.39, 0.29) is 48.3 Å². The van der Waals surface area contributed by atoms with Crippen LogP contribution in [0, 0.1) is 23.0 Å². The number of piperazine rings is 1. The van der Waals surface area contributed by atoms with Crippen LogP contribution >= 0.6 is 0 Å². The average Bonchev–Trinajstić information content (AvgIpc) is 3.36. The van der Waals surface area contributed by atoms with Gasteiger partial charge in [0.15, 0.2) is 5.82 Å². The van der Waals surface area contributed by atoms with Crippen LogP contribution < -0.4 is 9.64 Å². The van der Waals surface area contributed by atoms with Crippen LogP contribution in [-0.4, -0.2) is 88.4 Å². The number of nitriles is 1. The average molecular weight is 580 g/mol. The maximum Gasteiger partial charge on any atom is 0.410 e. The quantitative estimate of drug-likeness (QED) is 0.408. The van der Waals surface area contributed by atoms with Crippen molar-refractivity contribution < 1.29 is 23.0 Å². The second-order valence-electron chi connectivity index (χ2n) is 11.7. The first-order valence-corrected chi connectivity index (χ1v) is 14.1. The minimum Gasteiger partial charge on any atom is -0.462 e. The fourth-order valence-electron chi connectivity index (χ4n) is 5.42. The molecule has 0 saturated carbocycles. The Labute approximate surface area is 243 Å². The van der Waals surface area contributed by atoms with Crippen LogP contribution in [0.3, 0.4) is 0 Å². The van der Waals surface area contributed by atoms with E-state index in [9.17, 15) is 14.4 Å². The van der Waals surface area contributed by atoms with Gasteiger partial charge >= 0.3 is 12.1 Å². The first kappa shape index (κ1) is 29.4. The molecule has 1 amide bonds. The topological polar surface area (TPSA) is 108 Å². The highest BCUT2D eigenvalue weighted by molar-refractivity contribution is 5.92. The molecule has 222 valence electrons. The second kappa shape index (κ2) is 12.0. The zero-order valence-electron chi connectivity index (χ0n) is 24.3. The third kappa shape index (κ3) is 6.21. The number of nitrogens with zero attached hydrogens (tertiary/aromatic N) is 7. The second-order valence-corrected chi connectivity index (χ2v) is 11.7. The zero-order valence-corrected chi connectivity index (χ0v) is 24.3. The van der Waals surface area contributed by atoms with Gasteiger partial charge in [-0.15, -0.1) is 0 Å². The van der Waals surface area contributed by atoms with E-state index in [1.54, 1.807) is 31.7 Å². The van der Waals surface area contributed by atoms with Gasteiger partial charge in [0, 0.05) is 37.4 Å².